The third kappa shape index (κ3) is 3.83. The van der Waals surface area contributed by atoms with Gasteiger partial charge in [-0.05, 0) is 42.7 Å². The summed E-state index contributed by atoms with van der Waals surface area (Å²) in [5.41, 5.74) is 3.07. The predicted octanol–water partition coefficient (Wildman–Crippen LogP) is 3.35. The van der Waals surface area contributed by atoms with E-state index in [4.69, 9.17) is 4.84 Å². The van der Waals surface area contributed by atoms with Gasteiger partial charge in [0.25, 0.3) is 11.5 Å². The maximum atomic E-state index is 12.6. The molecule has 1 N–H and O–H groups in total. The highest BCUT2D eigenvalue weighted by molar-refractivity contribution is 6.04. The molecule has 3 rings (SSSR count). The molecule has 0 saturated heterocycles. The molecule has 0 unspecified atom stereocenters. The standard InChI is InChI=1S/C21H20N2O3/c1-15-8-6-9-16(2)19(15)22-20(24)18-12-7-13-23(21(18)25)26-14-17-10-4-3-5-11-17/h3-13H,14H2,1-2H3,(H,22,24). The van der Waals surface area contributed by atoms with Crippen molar-refractivity contribution >= 4 is 11.6 Å². The van der Waals surface area contributed by atoms with Gasteiger partial charge >= 0.3 is 0 Å². The molecule has 0 saturated carbocycles. The largest absolute Gasteiger partial charge is 0.406 e. The third-order valence-electron chi connectivity index (χ3n) is 4.09. The number of para-hydroxylation sites is 1. The molecule has 5 heteroatoms. The van der Waals surface area contributed by atoms with Crippen molar-refractivity contribution < 1.29 is 9.63 Å². The molecule has 1 amide bonds. The van der Waals surface area contributed by atoms with Crippen molar-refractivity contribution in [1.82, 2.24) is 4.73 Å². The SMILES string of the molecule is Cc1cccc(C)c1NC(=O)c1cccn(OCc2ccccc2)c1=O. The van der Waals surface area contributed by atoms with Crippen LogP contribution in [0.15, 0.2) is 71.7 Å². The lowest BCUT2D eigenvalue weighted by Gasteiger charge is -2.12. The third-order valence-corrected chi connectivity index (χ3v) is 4.09. The Bertz CT molecular complexity index is 958. The molecule has 132 valence electrons. The summed E-state index contributed by atoms with van der Waals surface area (Å²) in [5.74, 6) is -0.454. The summed E-state index contributed by atoms with van der Waals surface area (Å²) in [6.07, 6.45) is 1.50. The topological polar surface area (TPSA) is 60.3 Å². The number of benzene rings is 2. The van der Waals surface area contributed by atoms with Crippen molar-refractivity contribution in [3.05, 3.63) is 99.5 Å². The van der Waals surface area contributed by atoms with E-state index in [0.29, 0.717) is 0 Å². The lowest BCUT2D eigenvalue weighted by molar-refractivity contribution is 0.0863. The van der Waals surface area contributed by atoms with Crippen molar-refractivity contribution in [3.8, 4) is 0 Å². The van der Waals surface area contributed by atoms with E-state index >= 15 is 0 Å². The van der Waals surface area contributed by atoms with Gasteiger partial charge in [-0.3, -0.25) is 9.59 Å². The summed E-state index contributed by atoms with van der Waals surface area (Å²) in [5, 5.41) is 2.83. The first-order valence-corrected chi connectivity index (χ1v) is 8.32. The van der Waals surface area contributed by atoms with E-state index in [2.05, 4.69) is 5.32 Å². The Morgan fingerprint density at radius 2 is 1.65 bits per heavy atom. The van der Waals surface area contributed by atoms with Crippen LogP contribution in [0.2, 0.25) is 0 Å². The van der Waals surface area contributed by atoms with Crippen molar-refractivity contribution in [2.45, 2.75) is 20.5 Å². The smallest absolute Gasteiger partial charge is 0.295 e. The minimum absolute atomic E-state index is 0.0308. The van der Waals surface area contributed by atoms with Crippen LogP contribution in [0.3, 0.4) is 0 Å². The fraction of sp³-hybridized carbons (Fsp3) is 0.143. The van der Waals surface area contributed by atoms with Crippen molar-refractivity contribution in [2.75, 3.05) is 5.32 Å². The Hall–Kier alpha value is -3.34. The Balaban J connectivity index is 1.80. The first-order valence-electron chi connectivity index (χ1n) is 8.32. The fourth-order valence-corrected chi connectivity index (χ4v) is 2.66. The molecule has 3 aromatic rings. The maximum Gasteiger partial charge on any atom is 0.295 e. The average Bonchev–Trinajstić information content (AvgIpc) is 2.65. The lowest BCUT2D eigenvalue weighted by atomic mass is 10.1. The van der Waals surface area contributed by atoms with E-state index < -0.39 is 11.5 Å². The zero-order valence-electron chi connectivity index (χ0n) is 14.7. The summed E-state index contributed by atoms with van der Waals surface area (Å²) in [6, 6.07) is 18.4. The number of anilines is 1. The molecule has 0 atom stereocenters. The van der Waals surface area contributed by atoms with Crippen LogP contribution in [-0.2, 0) is 6.61 Å². The van der Waals surface area contributed by atoms with Crippen LogP contribution >= 0.6 is 0 Å². The number of hydrogen-bond donors (Lipinski definition) is 1. The molecule has 2 aromatic carbocycles. The van der Waals surface area contributed by atoms with Crippen LogP contribution in [0, 0.1) is 13.8 Å². The number of carbonyl (C=O) groups is 1. The van der Waals surface area contributed by atoms with Crippen LogP contribution in [-0.4, -0.2) is 10.6 Å². The van der Waals surface area contributed by atoms with Crippen molar-refractivity contribution in [3.63, 3.8) is 0 Å². The van der Waals surface area contributed by atoms with Gasteiger partial charge in [0.05, 0.1) is 0 Å². The normalized spacial score (nSPS) is 10.4. The van der Waals surface area contributed by atoms with Gasteiger partial charge in [-0.25, -0.2) is 0 Å². The molecule has 0 spiro atoms. The maximum absolute atomic E-state index is 12.6. The van der Waals surface area contributed by atoms with E-state index in [1.54, 1.807) is 6.07 Å². The second kappa shape index (κ2) is 7.70. The van der Waals surface area contributed by atoms with Crippen LogP contribution in [0.25, 0.3) is 0 Å². The summed E-state index contributed by atoms with van der Waals surface area (Å²) in [4.78, 5) is 30.7. The van der Waals surface area contributed by atoms with E-state index in [1.807, 2.05) is 62.4 Å². The summed E-state index contributed by atoms with van der Waals surface area (Å²) >= 11 is 0. The molecule has 0 aliphatic heterocycles. The van der Waals surface area contributed by atoms with Crippen molar-refractivity contribution in [2.24, 2.45) is 0 Å². The first-order chi connectivity index (χ1) is 12.6. The molecule has 1 aromatic heterocycles. The zero-order chi connectivity index (χ0) is 18.5. The molecular formula is C21H20N2O3. The zero-order valence-corrected chi connectivity index (χ0v) is 14.7. The van der Waals surface area contributed by atoms with Gasteiger partial charge in [0.1, 0.15) is 12.2 Å². The second-order valence-electron chi connectivity index (χ2n) is 6.03. The molecule has 1 heterocycles. The van der Waals surface area contributed by atoms with Crippen molar-refractivity contribution in [1.29, 1.82) is 0 Å². The van der Waals surface area contributed by atoms with E-state index in [9.17, 15) is 9.59 Å². The molecule has 5 nitrogen and oxygen atoms in total. The fourth-order valence-electron chi connectivity index (χ4n) is 2.66. The van der Waals surface area contributed by atoms with Crippen LogP contribution in [0.1, 0.15) is 27.0 Å². The molecule has 0 radical (unpaired) electrons. The van der Waals surface area contributed by atoms with Crippen LogP contribution < -0.4 is 15.7 Å². The van der Waals surface area contributed by atoms with Gasteiger partial charge in [-0.2, -0.15) is 4.73 Å². The number of nitrogens with one attached hydrogen (secondary N) is 1. The van der Waals surface area contributed by atoms with Gasteiger partial charge in [-0.1, -0.05) is 48.5 Å². The minimum atomic E-state index is -0.493. The number of carbonyl (C=O) groups excluding carboxylic acids is 1. The number of aromatic nitrogens is 1. The van der Waals surface area contributed by atoms with Crippen LogP contribution in [0.4, 0.5) is 5.69 Å². The number of hydrogen-bond acceptors (Lipinski definition) is 3. The van der Waals surface area contributed by atoms with Crippen LogP contribution in [0.5, 0.6) is 0 Å². The Morgan fingerprint density at radius 3 is 2.35 bits per heavy atom. The number of nitrogens with zero attached hydrogens (tertiary/aromatic N) is 1. The Morgan fingerprint density at radius 1 is 0.962 bits per heavy atom. The van der Waals surface area contributed by atoms with Gasteiger partial charge in [0, 0.05) is 11.9 Å². The van der Waals surface area contributed by atoms with Gasteiger partial charge in [0.2, 0.25) is 0 Å². The van der Waals surface area contributed by atoms with E-state index in [1.165, 1.54) is 12.3 Å². The Labute approximate surface area is 151 Å². The molecule has 26 heavy (non-hydrogen) atoms. The quantitative estimate of drug-likeness (QED) is 0.769. The van der Waals surface area contributed by atoms with Gasteiger partial charge in [-0.15, -0.1) is 0 Å². The van der Waals surface area contributed by atoms with Gasteiger partial charge < -0.3 is 10.2 Å². The lowest BCUT2D eigenvalue weighted by Crippen LogP contribution is -2.32. The summed E-state index contributed by atoms with van der Waals surface area (Å²) < 4.78 is 1.09. The number of pyridine rings is 1. The highest BCUT2D eigenvalue weighted by Gasteiger charge is 2.15. The summed E-state index contributed by atoms with van der Waals surface area (Å²) in [7, 11) is 0. The van der Waals surface area contributed by atoms with E-state index in [-0.39, 0.29) is 12.2 Å². The molecule has 0 bridgehead atoms. The second-order valence-corrected chi connectivity index (χ2v) is 6.03. The highest BCUT2D eigenvalue weighted by Crippen LogP contribution is 2.19. The first kappa shape index (κ1) is 17.5. The average molecular weight is 348 g/mol. The Kier molecular flexibility index (Phi) is 5.17. The molecule has 0 fully saturated rings. The summed E-state index contributed by atoms with van der Waals surface area (Å²) in [6.45, 7) is 4.06. The predicted molar refractivity (Wildman–Crippen MR) is 101 cm³/mol. The van der Waals surface area contributed by atoms with Gasteiger partial charge in [0.15, 0.2) is 0 Å². The highest BCUT2D eigenvalue weighted by atomic mass is 16.7. The molecule has 0 aliphatic carbocycles. The minimum Gasteiger partial charge on any atom is -0.406 e. The number of amides is 1. The molecule has 0 aliphatic rings. The van der Waals surface area contributed by atoms with E-state index in [0.717, 1.165) is 27.1 Å². The number of rotatable bonds is 5. The monoisotopic (exact) mass is 348 g/mol. The number of aryl methyl sites for hydroxylation is 2. The molecular weight excluding hydrogens is 328 g/mol.